The van der Waals surface area contributed by atoms with Crippen molar-refractivity contribution in [2.24, 2.45) is 0 Å². The summed E-state index contributed by atoms with van der Waals surface area (Å²) in [6.45, 7) is 0.365. The molecule has 5 heteroatoms. The molecule has 0 aromatic heterocycles. The normalized spacial score (nSPS) is 20.3. The zero-order valence-electron chi connectivity index (χ0n) is 13.2. The fourth-order valence-corrected chi connectivity index (χ4v) is 3.31. The molecule has 124 valence electrons. The molecule has 0 fully saturated rings. The summed E-state index contributed by atoms with van der Waals surface area (Å²) in [6.07, 6.45) is 0.398. The number of benzene rings is 2. The van der Waals surface area contributed by atoms with Gasteiger partial charge in [0.25, 0.3) is 5.91 Å². The number of fused-ring (bicyclic) bond motifs is 2. The van der Waals surface area contributed by atoms with Gasteiger partial charge >= 0.3 is 0 Å². The maximum atomic E-state index is 12.4. The van der Waals surface area contributed by atoms with Crippen LogP contribution < -0.4 is 14.8 Å². The van der Waals surface area contributed by atoms with Crippen LogP contribution in [0.25, 0.3) is 0 Å². The Morgan fingerprint density at radius 2 is 1.71 bits per heavy atom. The van der Waals surface area contributed by atoms with E-state index in [-0.39, 0.29) is 19.1 Å². The van der Waals surface area contributed by atoms with Gasteiger partial charge in [-0.2, -0.15) is 0 Å². The molecule has 1 aliphatic heterocycles. The lowest BCUT2D eigenvalue weighted by Crippen LogP contribution is -2.50. The van der Waals surface area contributed by atoms with Crippen molar-refractivity contribution in [3.8, 4) is 11.5 Å². The molecule has 2 aromatic rings. The van der Waals surface area contributed by atoms with Gasteiger partial charge in [0.05, 0.1) is 5.60 Å². The van der Waals surface area contributed by atoms with Crippen molar-refractivity contribution in [2.75, 3.05) is 13.2 Å². The van der Waals surface area contributed by atoms with Crippen molar-refractivity contribution in [2.45, 2.75) is 24.5 Å². The van der Waals surface area contributed by atoms with E-state index in [9.17, 15) is 9.90 Å². The highest BCUT2D eigenvalue weighted by Gasteiger charge is 2.36. The standard InChI is InChI=1S/C19H19NO4/c21-18(17-11-23-15-7-3-4-8-16(15)24-17)20-12-19(22)9-13-5-1-2-6-14(13)10-19/h1-8,17,22H,9-12H2,(H,20,21)/t17-/m0/s1. The quantitative estimate of drug-likeness (QED) is 0.897. The molecule has 0 saturated heterocycles. The van der Waals surface area contributed by atoms with Crippen molar-refractivity contribution in [1.82, 2.24) is 5.32 Å². The van der Waals surface area contributed by atoms with E-state index in [0.29, 0.717) is 24.3 Å². The van der Waals surface area contributed by atoms with Crippen LogP contribution in [0.4, 0.5) is 0 Å². The molecule has 1 aliphatic carbocycles. The van der Waals surface area contributed by atoms with E-state index in [4.69, 9.17) is 9.47 Å². The molecule has 0 saturated carbocycles. The summed E-state index contributed by atoms with van der Waals surface area (Å²) in [5.41, 5.74) is 1.34. The molecular formula is C19H19NO4. The maximum Gasteiger partial charge on any atom is 0.264 e. The van der Waals surface area contributed by atoms with Crippen molar-refractivity contribution >= 4 is 5.91 Å². The van der Waals surface area contributed by atoms with Gasteiger partial charge in [-0.1, -0.05) is 36.4 Å². The van der Waals surface area contributed by atoms with E-state index in [1.165, 1.54) is 0 Å². The van der Waals surface area contributed by atoms with Crippen molar-refractivity contribution in [3.63, 3.8) is 0 Å². The molecule has 0 radical (unpaired) electrons. The monoisotopic (exact) mass is 325 g/mol. The van der Waals surface area contributed by atoms with Gasteiger partial charge in [0.1, 0.15) is 6.61 Å². The third kappa shape index (κ3) is 2.83. The Balaban J connectivity index is 1.36. The Hall–Kier alpha value is -2.53. The summed E-state index contributed by atoms with van der Waals surface area (Å²) in [5.74, 6) is 0.941. The van der Waals surface area contributed by atoms with Crippen LogP contribution in [0, 0.1) is 0 Å². The second-order valence-electron chi connectivity index (χ2n) is 6.43. The van der Waals surface area contributed by atoms with E-state index in [0.717, 1.165) is 11.1 Å². The van der Waals surface area contributed by atoms with Gasteiger partial charge in [0.2, 0.25) is 6.10 Å². The first-order chi connectivity index (χ1) is 11.6. The Labute approximate surface area is 140 Å². The number of amides is 1. The second kappa shape index (κ2) is 5.83. The Morgan fingerprint density at radius 3 is 2.42 bits per heavy atom. The zero-order chi connectivity index (χ0) is 16.6. The summed E-state index contributed by atoms with van der Waals surface area (Å²) in [5, 5.41) is 13.5. The smallest absolute Gasteiger partial charge is 0.264 e. The Morgan fingerprint density at radius 1 is 1.08 bits per heavy atom. The number of nitrogens with one attached hydrogen (secondary N) is 1. The minimum absolute atomic E-state index is 0.168. The van der Waals surface area contributed by atoms with Crippen LogP contribution in [-0.4, -0.2) is 35.9 Å². The van der Waals surface area contributed by atoms with E-state index in [1.807, 2.05) is 42.5 Å². The fraction of sp³-hybridized carbons (Fsp3) is 0.316. The number of para-hydroxylation sites is 2. The summed E-state index contributed by atoms with van der Waals surface area (Å²) >= 11 is 0. The number of carbonyl (C=O) groups is 1. The first-order valence-corrected chi connectivity index (χ1v) is 8.08. The number of aliphatic hydroxyl groups is 1. The first kappa shape index (κ1) is 15.0. The summed E-state index contributed by atoms with van der Waals surface area (Å²) in [6, 6.07) is 15.2. The number of hydrogen-bond acceptors (Lipinski definition) is 4. The lowest BCUT2D eigenvalue weighted by Gasteiger charge is -2.28. The van der Waals surface area contributed by atoms with Crippen LogP contribution in [0.2, 0.25) is 0 Å². The van der Waals surface area contributed by atoms with E-state index < -0.39 is 11.7 Å². The predicted octanol–water partition coefficient (Wildman–Crippen LogP) is 1.47. The minimum atomic E-state index is -0.938. The number of rotatable bonds is 3. The van der Waals surface area contributed by atoms with E-state index >= 15 is 0 Å². The highest BCUT2D eigenvalue weighted by Crippen LogP contribution is 2.31. The van der Waals surface area contributed by atoms with Crippen LogP contribution in [0.1, 0.15) is 11.1 Å². The summed E-state index contributed by atoms with van der Waals surface area (Å²) in [4.78, 5) is 12.4. The van der Waals surface area contributed by atoms with Gasteiger partial charge in [0.15, 0.2) is 11.5 Å². The second-order valence-corrected chi connectivity index (χ2v) is 6.43. The fourth-order valence-electron chi connectivity index (χ4n) is 3.31. The molecule has 0 spiro atoms. The van der Waals surface area contributed by atoms with Gasteiger partial charge in [-0.25, -0.2) is 0 Å². The van der Waals surface area contributed by atoms with Crippen molar-refractivity contribution < 1.29 is 19.4 Å². The molecular weight excluding hydrogens is 306 g/mol. The molecule has 1 heterocycles. The molecule has 1 amide bonds. The van der Waals surface area contributed by atoms with Gasteiger partial charge in [-0.05, 0) is 23.3 Å². The molecule has 0 unspecified atom stereocenters. The average molecular weight is 325 g/mol. The Kier molecular flexibility index (Phi) is 3.65. The lowest BCUT2D eigenvalue weighted by atomic mass is 10.0. The molecule has 2 N–H and O–H groups in total. The van der Waals surface area contributed by atoms with Gasteiger partial charge in [-0.3, -0.25) is 4.79 Å². The number of ether oxygens (including phenoxy) is 2. The van der Waals surface area contributed by atoms with Crippen LogP contribution in [0.5, 0.6) is 11.5 Å². The molecule has 2 aliphatic rings. The van der Waals surface area contributed by atoms with Crippen LogP contribution in [-0.2, 0) is 17.6 Å². The summed E-state index contributed by atoms with van der Waals surface area (Å²) in [7, 11) is 0. The Bertz CT molecular complexity index is 748. The molecule has 0 bridgehead atoms. The van der Waals surface area contributed by atoms with Gasteiger partial charge in [0, 0.05) is 19.4 Å². The molecule has 4 rings (SSSR count). The summed E-state index contributed by atoms with van der Waals surface area (Å²) < 4.78 is 11.2. The van der Waals surface area contributed by atoms with Crippen LogP contribution in [0.15, 0.2) is 48.5 Å². The predicted molar refractivity (Wildman–Crippen MR) is 88.2 cm³/mol. The minimum Gasteiger partial charge on any atom is -0.485 e. The van der Waals surface area contributed by atoms with Gasteiger partial charge < -0.3 is 19.9 Å². The molecule has 2 aromatic carbocycles. The van der Waals surface area contributed by atoms with Crippen molar-refractivity contribution in [1.29, 1.82) is 0 Å². The topological polar surface area (TPSA) is 67.8 Å². The maximum absolute atomic E-state index is 12.4. The van der Waals surface area contributed by atoms with E-state index in [1.54, 1.807) is 6.07 Å². The lowest BCUT2D eigenvalue weighted by molar-refractivity contribution is -0.131. The zero-order valence-corrected chi connectivity index (χ0v) is 13.2. The number of carbonyl (C=O) groups excluding carboxylic acids is 1. The largest absolute Gasteiger partial charge is 0.485 e. The average Bonchev–Trinajstić information content (AvgIpc) is 2.96. The third-order valence-electron chi connectivity index (χ3n) is 4.55. The van der Waals surface area contributed by atoms with Crippen LogP contribution in [0.3, 0.4) is 0 Å². The first-order valence-electron chi connectivity index (χ1n) is 8.08. The number of hydrogen-bond donors (Lipinski definition) is 2. The van der Waals surface area contributed by atoms with Crippen molar-refractivity contribution in [3.05, 3.63) is 59.7 Å². The van der Waals surface area contributed by atoms with E-state index in [2.05, 4.69) is 5.32 Å². The molecule has 24 heavy (non-hydrogen) atoms. The highest BCUT2D eigenvalue weighted by atomic mass is 16.6. The molecule has 1 atom stereocenters. The van der Waals surface area contributed by atoms with Crippen LogP contribution >= 0.6 is 0 Å². The van der Waals surface area contributed by atoms with Gasteiger partial charge in [-0.15, -0.1) is 0 Å². The molecule has 5 nitrogen and oxygen atoms in total. The SMILES string of the molecule is O=C(NCC1(O)Cc2ccccc2C1)[C@@H]1COc2ccccc2O1. The highest BCUT2D eigenvalue weighted by molar-refractivity contribution is 5.81. The third-order valence-corrected chi connectivity index (χ3v) is 4.55.